The molecule has 2 aromatic carbocycles. The van der Waals surface area contributed by atoms with E-state index in [2.05, 4.69) is 41.8 Å². The Kier molecular flexibility index (Phi) is 9.54. The number of carbonyl (C=O) groups is 2. The molecular formula is C45H50F2N12O4. The molecule has 63 heavy (non-hydrogen) atoms. The first kappa shape index (κ1) is 39.5. The minimum absolute atomic E-state index is 0.0848. The van der Waals surface area contributed by atoms with Crippen LogP contribution in [0.2, 0.25) is 0 Å². The van der Waals surface area contributed by atoms with Crippen LogP contribution < -0.4 is 36.0 Å². The molecule has 3 saturated heterocycles. The van der Waals surface area contributed by atoms with Gasteiger partial charge >= 0.3 is 5.92 Å². The third-order valence-electron chi connectivity index (χ3n) is 13.8. The molecule has 5 aliphatic rings. The number of benzene rings is 2. The lowest BCUT2D eigenvalue weighted by Gasteiger charge is -2.40. The van der Waals surface area contributed by atoms with Gasteiger partial charge in [-0.15, -0.1) is 0 Å². The van der Waals surface area contributed by atoms with Crippen LogP contribution in [0.4, 0.5) is 37.5 Å². The number of fused-ring (bicyclic) bond motifs is 5. The van der Waals surface area contributed by atoms with Gasteiger partial charge in [-0.05, 0) is 68.2 Å². The Morgan fingerprint density at radius 2 is 1.71 bits per heavy atom. The first-order valence-electron chi connectivity index (χ1n) is 22.1. The summed E-state index contributed by atoms with van der Waals surface area (Å²) in [5.41, 5.74) is 4.72. The van der Waals surface area contributed by atoms with E-state index in [9.17, 15) is 14.4 Å². The molecule has 18 heteroatoms. The summed E-state index contributed by atoms with van der Waals surface area (Å²) >= 11 is 0. The largest absolute Gasteiger partial charge is 0.480 e. The average molecular weight is 861 g/mol. The maximum absolute atomic E-state index is 15.2. The van der Waals surface area contributed by atoms with Crippen molar-refractivity contribution < 1.29 is 23.1 Å². The Bertz CT molecular complexity index is 2850. The lowest BCUT2D eigenvalue weighted by molar-refractivity contribution is -0.134. The number of nitrogens with one attached hydrogen (secondary N) is 3. The quantitative estimate of drug-likeness (QED) is 0.177. The number of ether oxygens (including phenoxy) is 1. The van der Waals surface area contributed by atoms with Crippen LogP contribution >= 0.6 is 0 Å². The Hall–Kier alpha value is -6.30. The number of hydrogen-bond donors (Lipinski definition) is 3. The van der Waals surface area contributed by atoms with E-state index >= 15 is 8.78 Å². The van der Waals surface area contributed by atoms with E-state index in [4.69, 9.17) is 14.8 Å². The molecule has 328 valence electrons. The molecule has 0 bridgehead atoms. The third kappa shape index (κ3) is 7.07. The number of rotatable bonds is 8. The maximum Gasteiger partial charge on any atom is 0.301 e. The Morgan fingerprint density at radius 3 is 2.49 bits per heavy atom. The van der Waals surface area contributed by atoms with Gasteiger partial charge in [-0.25, -0.2) is 13.8 Å². The average Bonchev–Trinajstić information content (AvgIpc) is 3.93. The first-order chi connectivity index (χ1) is 30.5. The van der Waals surface area contributed by atoms with E-state index in [1.54, 1.807) is 17.8 Å². The minimum atomic E-state index is -3.12. The van der Waals surface area contributed by atoms with Crippen LogP contribution in [0.1, 0.15) is 50.1 Å². The molecule has 2 atom stereocenters. The number of carbonyl (C=O) groups excluding carboxylic acids is 2. The Morgan fingerprint density at radius 1 is 0.905 bits per heavy atom. The lowest BCUT2D eigenvalue weighted by Crippen LogP contribution is -2.49. The van der Waals surface area contributed by atoms with Crippen molar-refractivity contribution in [1.29, 1.82) is 0 Å². The van der Waals surface area contributed by atoms with Crippen molar-refractivity contribution in [2.75, 3.05) is 72.9 Å². The number of piperazine rings is 1. The predicted molar refractivity (Wildman–Crippen MR) is 235 cm³/mol. The molecular weight excluding hydrogens is 811 g/mol. The van der Waals surface area contributed by atoms with E-state index in [-0.39, 0.29) is 23.5 Å². The van der Waals surface area contributed by atoms with Gasteiger partial charge in [0.25, 0.3) is 5.56 Å². The summed E-state index contributed by atoms with van der Waals surface area (Å²) in [5, 5.41) is 20.0. The second-order valence-electron chi connectivity index (χ2n) is 17.9. The van der Waals surface area contributed by atoms with Crippen molar-refractivity contribution in [3.8, 4) is 5.75 Å². The van der Waals surface area contributed by atoms with E-state index < -0.39 is 30.0 Å². The van der Waals surface area contributed by atoms with Crippen LogP contribution in [-0.4, -0.2) is 110 Å². The zero-order chi connectivity index (χ0) is 43.1. The number of pyridine rings is 1. The zero-order valence-electron chi connectivity index (χ0n) is 35.3. The lowest BCUT2D eigenvalue weighted by atomic mass is 9.92. The molecule has 0 radical (unpaired) electrons. The van der Waals surface area contributed by atoms with E-state index in [1.807, 2.05) is 54.2 Å². The molecule has 8 heterocycles. The molecule has 1 aliphatic carbocycles. The highest BCUT2D eigenvalue weighted by Crippen LogP contribution is 2.46. The molecule has 2 amide bonds. The summed E-state index contributed by atoms with van der Waals surface area (Å²) in [5.74, 6) is -2.20. The third-order valence-corrected chi connectivity index (χ3v) is 13.8. The monoisotopic (exact) mass is 860 g/mol. The minimum Gasteiger partial charge on any atom is -0.480 e. The number of halogens is 2. The summed E-state index contributed by atoms with van der Waals surface area (Å²) in [6, 6.07) is 14.6. The molecule has 0 spiro atoms. The van der Waals surface area contributed by atoms with Crippen LogP contribution in [0, 0.1) is 11.8 Å². The van der Waals surface area contributed by atoms with Gasteiger partial charge in [-0.2, -0.15) is 14.7 Å². The summed E-state index contributed by atoms with van der Waals surface area (Å²) in [6.07, 6.45) is 6.01. The number of imide groups is 1. The summed E-state index contributed by atoms with van der Waals surface area (Å²) in [4.78, 5) is 50.2. The summed E-state index contributed by atoms with van der Waals surface area (Å²) < 4.78 is 41.1. The van der Waals surface area contributed by atoms with Crippen LogP contribution in [-0.2, 0) is 23.7 Å². The number of anilines is 5. The number of aromatic nitrogens is 6. The zero-order valence-corrected chi connectivity index (χ0v) is 35.3. The summed E-state index contributed by atoms with van der Waals surface area (Å²) in [7, 11) is 3.56. The standard InChI is InChI=1S/C45H50F2N12O4/c1-54-32-10-8-28(22-31(32)39-41(44(54)62)63-25-45(46,47)42(52-39)27-6-7-27)49-36-23-35(50-34-12-15-48-59(34)36)58-16-13-26(14-17-58)24-56-18-20-57(21-19-56)33-5-3-4-29-38(53-55(2)40(29)33)30-9-11-37(60)51-43(30)61/h3-5,8,10,12,15,22-23,26-27,30,42,49,52H,6-7,9,11,13-14,16-21,24-25H2,1-2H3,(H,51,60,61)/t30?,42-/m0/s1. The molecule has 4 aliphatic heterocycles. The second kappa shape index (κ2) is 15.2. The number of aryl methyl sites for hydroxylation is 2. The van der Waals surface area contributed by atoms with Crippen molar-refractivity contribution in [2.45, 2.75) is 56.4 Å². The molecule has 4 aromatic heterocycles. The van der Waals surface area contributed by atoms with E-state index in [0.717, 1.165) is 86.8 Å². The molecule has 4 fully saturated rings. The fourth-order valence-corrected chi connectivity index (χ4v) is 10.3. The number of nitrogens with zero attached hydrogens (tertiary/aromatic N) is 9. The highest BCUT2D eigenvalue weighted by Gasteiger charge is 2.51. The van der Waals surface area contributed by atoms with Gasteiger partial charge < -0.3 is 29.7 Å². The molecule has 1 unspecified atom stereocenters. The van der Waals surface area contributed by atoms with Crippen LogP contribution in [0.3, 0.4) is 0 Å². The highest BCUT2D eigenvalue weighted by molar-refractivity contribution is 6.04. The van der Waals surface area contributed by atoms with E-state index in [1.165, 1.54) is 4.57 Å². The smallest absolute Gasteiger partial charge is 0.301 e. The highest BCUT2D eigenvalue weighted by atomic mass is 19.3. The van der Waals surface area contributed by atoms with Crippen molar-refractivity contribution in [3.63, 3.8) is 0 Å². The van der Waals surface area contributed by atoms with Gasteiger partial charge in [0.05, 0.1) is 46.3 Å². The van der Waals surface area contributed by atoms with E-state index in [0.29, 0.717) is 65.3 Å². The molecule has 16 nitrogen and oxygen atoms in total. The fraction of sp³-hybridized carbons (Fsp3) is 0.467. The number of amides is 2. The maximum atomic E-state index is 15.2. The van der Waals surface area contributed by atoms with Gasteiger partial charge in [-0.3, -0.25) is 29.3 Å². The number of piperidine rings is 2. The molecule has 1 saturated carbocycles. The first-order valence-corrected chi connectivity index (χ1v) is 22.1. The van der Waals surface area contributed by atoms with Crippen LogP contribution in [0.25, 0.3) is 27.5 Å². The van der Waals surface area contributed by atoms with Crippen molar-refractivity contribution in [2.24, 2.45) is 25.9 Å². The van der Waals surface area contributed by atoms with Gasteiger partial charge in [0.2, 0.25) is 17.6 Å². The fourth-order valence-electron chi connectivity index (χ4n) is 10.3. The number of alkyl halides is 2. The Labute approximate surface area is 361 Å². The summed E-state index contributed by atoms with van der Waals surface area (Å²) in [6.45, 7) is 5.61. The van der Waals surface area contributed by atoms with Crippen molar-refractivity contribution >= 4 is 68.0 Å². The topological polar surface area (TPSA) is 159 Å². The van der Waals surface area contributed by atoms with Crippen molar-refractivity contribution in [3.05, 3.63) is 70.8 Å². The molecule has 6 aromatic rings. The predicted octanol–water partition coefficient (Wildman–Crippen LogP) is 4.99. The number of hydrogen-bond acceptors (Lipinski definition) is 12. The SMILES string of the molecule is Cn1nc(C2CCC(=O)NC2=O)c2cccc(N3CCN(CC4CCN(c5cc(Nc6ccc7c(c6)c6c(c(=O)n7C)OCC(F)(F)[C@H](C7CC7)N6)n6nccc6n5)CC4)CC3)c21. The molecule has 3 N–H and O–H groups in total. The van der Waals surface area contributed by atoms with Gasteiger partial charge in [-0.1, -0.05) is 12.1 Å². The second-order valence-corrected chi connectivity index (χ2v) is 17.9. The number of para-hydroxylation sites is 1. The van der Waals surface area contributed by atoms with Gasteiger partial charge in [0.15, 0.2) is 12.3 Å². The normalized spacial score (nSPS) is 22.2. The Balaban J connectivity index is 0.758. The molecule has 11 rings (SSSR count). The van der Waals surface area contributed by atoms with Gasteiger partial charge in [0.1, 0.15) is 11.6 Å². The van der Waals surface area contributed by atoms with Gasteiger partial charge in [0, 0.05) is 94.9 Å². The van der Waals surface area contributed by atoms with Crippen molar-refractivity contribution in [1.82, 2.24) is 39.2 Å². The van der Waals surface area contributed by atoms with Crippen LogP contribution in [0.5, 0.6) is 5.75 Å². The van der Waals surface area contributed by atoms with Crippen LogP contribution in [0.15, 0.2) is 59.5 Å².